The molecule has 172 valence electrons. The van der Waals surface area contributed by atoms with Crippen molar-refractivity contribution in [2.75, 3.05) is 4.72 Å². The summed E-state index contributed by atoms with van der Waals surface area (Å²) < 4.78 is 55.9. The average molecular weight is 481 g/mol. The summed E-state index contributed by atoms with van der Waals surface area (Å²) in [6.07, 6.45) is 2.56. The molecule has 0 fully saturated rings. The van der Waals surface area contributed by atoms with Gasteiger partial charge >= 0.3 is 0 Å². The van der Waals surface area contributed by atoms with Crippen LogP contribution in [0.25, 0.3) is 22.6 Å². The largest absolute Gasteiger partial charge is 0.506 e. The first kappa shape index (κ1) is 21.8. The third-order valence-electron chi connectivity index (χ3n) is 5.58. The Morgan fingerprint density at radius 3 is 2.50 bits per heavy atom. The van der Waals surface area contributed by atoms with Crippen LogP contribution in [0.2, 0.25) is 0 Å². The average Bonchev–Trinajstić information content (AvgIpc) is 3.20. The van der Waals surface area contributed by atoms with Crippen molar-refractivity contribution in [3.63, 3.8) is 0 Å². The normalized spacial score (nSPS) is 14.5. The third-order valence-corrected chi connectivity index (χ3v) is 6.99. The summed E-state index contributed by atoms with van der Waals surface area (Å²) in [5.41, 5.74) is 2.33. The Hall–Kier alpha value is -4.05. The fourth-order valence-corrected chi connectivity index (χ4v) is 5.11. The smallest absolute Gasteiger partial charge is 0.281 e. The Kier molecular flexibility index (Phi) is 5.17. The van der Waals surface area contributed by atoms with Crippen LogP contribution < -0.4 is 10.3 Å². The minimum Gasteiger partial charge on any atom is -0.506 e. The van der Waals surface area contributed by atoms with E-state index in [0.717, 1.165) is 16.7 Å². The number of nitrogens with zero attached hydrogens (tertiary/aromatic N) is 2. The summed E-state index contributed by atoms with van der Waals surface area (Å²) in [5, 5.41) is 10.3. The summed E-state index contributed by atoms with van der Waals surface area (Å²) in [6, 6.07) is 14.5. The zero-order valence-corrected chi connectivity index (χ0v) is 18.3. The van der Waals surface area contributed by atoms with Gasteiger partial charge in [0.1, 0.15) is 16.5 Å². The number of aromatic hydroxyl groups is 1. The van der Waals surface area contributed by atoms with Crippen molar-refractivity contribution in [2.24, 2.45) is 0 Å². The number of rotatable bonds is 4. The molecule has 0 unspecified atom stereocenters. The van der Waals surface area contributed by atoms with Gasteiger partial charge in [-0.25, -0.2) is 17.2 Å². The first-order valence-electron chi connectivity index (χ1n) is 10.2. The molecule has 0 saturated heterocycles. The van der Waals surface area contributed by atoms with Gasteiger partial charge in [0, 0.05) is 24.4 Å². The number of nitrogens with one attached hydrogen (secondary N) is 1. The van der Waals surface area contributed by atoms with Crippen LogP contribution in [0.3, 0.4) is 0 Å². The van der Waals surface area contributed by atoms with Crippen LogP contribution in [-0.4, -0.2) is 23.1 Å². The second kappa shape index (κ2) is 8.07. The highest BCUT2D eigenvalue weighted by Gasteiger charge is 2.23. The van der Waals surface area contributed by atoms with E-state index in [1.54, 1.807) is 24.3 Å². The molecule has 0 saturated carbocycles. The van der Waals surface area contributed by atoms with E-state index in [0.29, 0.717) is 36.3 Å². The molecule has 0 radical (unpaired) electrons. The standard InChI is InChI=1S/C24H17F2N3O4S/c25-18-12-21(30)22(13-19(18)26)34(32,33)28-16-7-5-14(6-8-16)11-15-9-10-29-20-4-2-1-3-17(20)24(31)27-23(15)29/h1-8,11-13,28,30H,9-10H2/b15-11+. The SMILES string of the molecule is O=c1nc2n(c3ccccc13)CC/C2=C\c1ccc(NS(=O)(=O)c2cc(F)c(F)cc2O)cc1. The predicted molar refractivity (Wildman–Crippen MR) is 124 cm³/mol. The molecule has 2 N–H and O–H groups in total. The van der Waals surface area contributed by atoms with Crippen LogP contribution >= 0.6 is 0 Å². The van der Waals surface area contributed by atoms with Crippen molar-refractivity contribution < 1.29 is 22.3 Å². The van der Waals surface area contributed by atoms with E-state index in [-0.39, 0.29) is 11.2 Å². The van der Waals surface area contributed by atoms with E-state index in [9.17, 15) is 27.1 Å². The molecule has 1 aliphatic rings. The Morgan fingerprint density at radius 1 is 1.03 bits per heavy atom. The topological polar surface area (TPSA) is 101 Å². The molecule has 0 aliphatic carbocycles. The maximum atomic E-state index is 13.5. The number of halogens is 2. The number of aromatic nitrogens is 2. The number of sulfonamides is 1. The molecule has 7 nitrogen and oxygen atoms in total. The number of anilines is 1. The molecule has 1 aliphatic heterocycles. The van der Waals surface area contributed by atoms with Crippen LogP contribution in [0, 0.1) is 11.6 Å². The number of hydrogen-bond acceptors (Lipinski definition) is 5. The van der Waals surface area contributed by atoms with Gasteiger partial charge in [0.2, 0.25) is 0 Å². The van der Waals surface area contributed by atoms with Crippen LogP contribution in [0.15, 0.2) is 70.4 Å². The molecule has 3 aromatic carbocycles. The number of phenolic OH excluding ortho intramolecular Hbond substituents is 1. The van der Waals surface area contributed by atoms with Gasteiger partial charge < -0.3 is 9.67 Å². The van der Waals surface area contributed by atoms with Gasteiger partial charge in [-0.05, 0) is 47.9 Å². The second-order valence-corrected chi connectivity index (χ2v) is 9.44. The van der Waals surface area contributed by atoms with E-state index < -0.39 is 32.3 Å². The van der Waals surface area contributed by atoms with Crippen molar-refractivity contribution in [1.29, 1.82) is 0 Å². The molecule has 0 atom stereocenters. The van der Waals surface area contributed by atoms with Gasteiger partial charge in [-0.15, -0.1) is 0 Å². The van der Waals surface area contributed by atoms with Crippen molar-refractivity contribution in [1.82, 2.24) is 9.55 Å². The summed E-state index contributed by atoms with van der Waals surface area (Å²) in [7, 11) is -4.35. The molecular weight excluding hydrogens is 464 g/mol. The Bertz CT molecular complexity index is 1650. The maximum absolute atomic E-state index is 13.5. The third kappa shape index (κ3) is 3.81. The number of para-hydroxylation sites is 1. The van der Waals surface area contributed by atoms with Crippen LogP contribution in [0.4, 0.5) is 14.5 Å². The second-order valence-electron chi connectivity index (χ2n) is 7.79. The lowest BCUT2D eigenvalue weighted by atomic mass is 10.1. The summed E-state index contributed by atoms with van der Waals surface area (Å²) in [6.45, 7) is 0.685. The summed E-state index contributed by atoms with van der Waals surface area (Å²) >= 11 is 0. The summed E-state index contributed by atoms with van der Waals surface area (Å²) in [5.74, 6) is -3.05. The maximum Gasteiger partial charge on any atom is 0.281 e. The van der Waals surface area contributed by atoms with Gasteiger partial charge in [0.05, 0.1) is 10.9 Å². The van der Waals surface area contributed by atoms with E-state index in [2.05, 4.69) is 9.71 Å². The van der Waals surface area contributed by atoms with Gasteiger partial charge in [-0.2, -0.15) is 4.98 Å². The lowest BCUT2D eigenvalue weighted by Crippen LogP contribution is -2.14. The van der Waals surface area contributed by atoms with Crippen molar-refractivity contribution in [2.45, 2.75) is 17.9 Å². The molecule has 10 heteroatoms. The first-order valence-corrected chi connectivity index (χ1v) is 11.7. The van der Waals surface area contributed by atoms with Crippen LogP contribution in [0.1, 0.15) is 17.8 Å². The molecular formula is C24H17F2N3O4S. The van der Waals surface area contributed by atoms with Crippen LogP contribution in [0.5, 0.6) is 5.75 Å². The number of phenols is 1. The van der Waals surface area contributed by atoms with Crippen molar-refractivity contribution >= 4 is 38.3 Å². The zero-order chi connectivity index (χ0) is 24.0. The van der Waals surface area contributed by atoms with Gasteiger partial charge in [-0.1, -0.05) is 24.3 Å². The highest BCUT2D eigenvalue weighted by Crippen LogP contribution is 2.30. The number of allylic oxidation sites excluding steroid dienone is 1. The number of benzene rings is 3. The fourth-order valence-electron chi connectivity index (χ4n) is 3.97. The molecule has 34 heavy (non-hydrogen) atoms. The van der Waals surface area contributed by atoms with E-state index in [4.69, 9.17) is 0 Å². The lowest BCUT2D eigenvalue weighted by molar-refractivity contribution is 0.438. The molecule has 5 rings (SSSR count). The molecule has 0 amide bonds. The van der Waals surface area contributed by atoms with E-state index >= 15 is 0 Å². The van der Waals surface area contributed by atoms with Crippen molar-refractivity contribution in [3.05, 3.63) is 94.0 Å². The molecule has 0 spiro atoms. The molecule has 2 heterocycles. The van der Waals surface area contributed by atoms with E-state index in [1.807, 2.05) is 22.8 Å². The van der Waals surface area contributed by atoms with Crippen molar-refractivity contribution in [3.8, 4) is 5.75 Å². The van der Waals surface area contributed by atoms with Gasteiger partial charge in [0.15, 0.2) is 11.6 Å². The minimum atomic E-state index is -4.35. The lowest BCUT2D eigenvalue weighted by Gasteiger charge is -2.10. The van der Waals surface area contributed by atoms with Crippen LogP contribution in [-0.2, 0) is 16.6 Å². The monoisotopic (exact) mass is 481 g/mol. The number of hydrogen-bond donors (Lipinski definition) is 2. The highest BCUT2D eigenvalue weighted by molar-refractivity contribution is 7.92. The summed E-state index contributed by atoms with van der Waals surface area (Å²) in [4.78, 5) is 15.9. The predicted octanol–water partition coefficient (Wildman–Crippen LogP) is 4.13. The minimum absolute atomic E-state index is 0.165. The van der Waals surface area contributed by atoms with Gasteiger partial charge in [-0.3, -0.25) is 9.52 Å². The number of fused-ring (bicyclic) bond motifs is 3. The first-order chi connectivity index (χ1) is 16.2. The highest BCUT2D eigenvalue weighted by atomic mass is 32.2. The quantitative estimate of drug-likeness (QED) is 0.457. The zero-order valence-electron chi connectivity index (χ0n) is 17.5. The van der Waals surface area contributed by atoms with Gasteiger partial charge in [0.25, 0.3) is 15.6 Å². The molecule has 4 aromatic rings. The molecule has 0 bridgehead atoms. The Labute approximate surface area is 192 Å². The van der Waals surface area contributed by atoms with E-state index in [1.165, 1.54) is 12.1 Å². The fraction of sp³-hybridized carbons (Fsp3) is 0.0833. The Morgan fingerprint density at radius 2 is 1.74 bits per heavy atom. The molecule has 1 aromatic heterocycles. The Balaban J connectivity index is 1.42. The number of aryl methyl sites for hydroxylation is 1.